The van der Waals surface area contributed by atoms with Crippen molar-refractivity contribution < 1.29 is 11.0 Å². The van der Waals surface area contributed by atoms with Crippen LogP contribution >= 0.6 is 22.5 Å². The van der Waals surface area contributed by atoms with E-state index in [1.165, 1.54) is 0 Å². The van der Waals surface area contributed by atoms with Gasteiger partial charge < -0.3 is 11.0 Å². The van der Waals surface area contributed by atoms with Crippen LogP contribution in [0.4, 0.5) is 0 Å². The van der Waals surface area contributed by atoms with Crippen molar-refractivity contribution in [3.8, 4) is 0 Å². The summed E-state index contributed by atoms with van der Waals surface area (Å²) in [5.74, 6) is 0. The summed E-state index contributed by atoms with van der Waals surface area (Å²) in [6.45, 7) is 0. The molecule has 0 unspecified atom stereocenters. The number of thiol groups is 1. The molecule has 0 rings (SSSR count). The zero-order chi connectivity index (χ0) is 2.00. The molecule has 2 nitrogen and oxygen atoms in total. The predicted octanol–water partition coefficient (Wildman–Crippen LogP) is -0.579. The van der Waals surface area contributed by atoms with E-state index in [9.17, 15) is 0 Å². The van der Waals surface area contributed by atoms with Gasteiger partial charge in [-0.15, -0.1) is 0 Å². The van der Waals surface area contributed by atoms with Crippen LogP contribution in [0, 0.1) is 0 Å². The van der Waals surface area contributed by atoms with Crippen LogP contribution in [-0.2, 0) is 0 Å². The number of halogens is 1. The van der Waals surface area contributed by atoms with Crippen molar-refractivity contribution in [2.75, 3.05) is 0 Å². The lowest BCUT2D eigenvalue weighted by Crippen LogP contribution is -0.331. The molecule has 0 amide bonds. The van der Waals surface area contributed by atoms with E-state index in [0.717, 1.165) is 0 Å². The van der Waals surface area contributed by atoms with Crippen LogP contribution in [-0.4, -0.2) is 11.0 Å². The van der Waals surface area contributed by atoms with Crippen LogP contribution in [0.5, 0.6) is 0 Å². The van der Waals surface area contributed by atoms with Gasteiger partial charge >= 0.3 is 0 Å². The summed E-state index contributed by atoms with van der Waals surface area (Å²) in [5, 5.41) is 0. The fourth-order valence-corrected chi connectivity index (χ4v) is 0. The van der Waals surface area contributed by atoms with Gasteiger partial charge in [-0.3, -0.25) is 0 Å². The van der Waals surface area contributed by atoms with Gasteiger partial charge in [0, 0.05) is 0 Å². The Kier molecular flexibility index (Phi) is 442. The molecular weight excluding hydrogens is 99.5 g/mol. The van der Waals surface area contributed by atoms with Gasteiger partial charge in [0.2, 0.25) is 0 Å². The van der Waals surface area contributed by atoms with Gasteiger partial charge in [-0.05, 0) is 10.7 Å². The van der Waals surface area contributed by atoms with E-state index >= 15 is 0 Å². The average molecular weight is 105 g/mol. The van der Waals surface area contributed by atoms with Gasteiger partial charge in [0.25, 0.3) is 0 Å². The third-order valence-corrected chi connectivity index (χ3v) is 0. The van der Waals surface area contributed by atoms with Crippen LogP contribution in [0.2, 0.25) is 0 Å². The molecule has 0 spiro atoms. The Hall–Kier alpha value is 0.560. The molecule has 0 heterocycles. The highest BCUT2D eigenvalue weighted by Crippen LogP contribution is 1.67. The summed E-state index contributed by atoms with van der Waals surface area (Å²) in [6, 6.07) is 0. The highest BCUT2D eigenvalue weighted by molar-refractivity contribution is 8.05. The molecule has 0 aliphatic heterocycles. The summed E-state index contributed by atoms with van der Waals surface area (Å²) in [7, 11) is 4.33. The van der Waals surface area contributed by atoms with Crippen molar-refractivity contribution in [3.63, 3.8) is 0 Å². The second-order valence-corrected chi connectivity index (χ2v) is 0. The Morgan fingerprint density at radius 1 is 1.00 bits per heavy atom. The molecule has 0 aromatic rings. The lowest BCUT2D eigenvalue weighted by Gasteiger charge is -1.06. The topological polar surface area (TPSA) is 63.0 Å². The molecule has 4 heavy (non-hydrogen) atoms. The zero-order valence-corrected chi connectivity index (χ0v) is 3.48. The van der Waals surface area contributed by atoms with Crippen LogP contribution in [0.15, 0.2) is 0 Å². The van der Waals surface area contributed by atoms with Crippen molar-refractivity contribution in [3.05, 3.63) is 0 Å². The Morgan fingerprint density at radius 3 is 1.00 bits per heavy atom. The highest BCUT2D eigenvalue weighted by Gasteiger charge is 0.940. The summed E-state index contributed by atoms with van der Waals surface area (Å²) in [5.41, 5.74) is 0. The fraction of sp³-hybridized carbons (Fsp3) is 0. The SMILES string of the molecule is O.O.SCl. The van der Waals surface area contributed by atoms with Crippen LogP contribution < -0.4 is 0 Å². The Balaban J connectivity index is -0.00000000500. The summed E-state index contributed by atoms with van der Waals surface area (Å²) in [4.78, 5) is 0. The van der Waals surface area contributed by atoms with Crippen molar-refractivity contribution in [2.45, 2.75) is 0 Å². The smallest absolute Gasteiger partial charge is 0.0479 e. The second kappa shape index (κ2) is 74.4. The first-order valence-electron chi connectivity index (χ1n) is 0.169. The van der Waals surface area contributed by atoms with Gasteiger partial charge in [-0.2, -0.15) is 0 Å². The molecule has 0 atom stereocenters. The van der Waals surface area contributed by atoms with Crippen LogP contribution in [0.1, 0.15) is 0 Å². The maximum Gasteiger partial charge on any atom is -0.0479 e. The monoisotopic (exact) mass is 104 g/mol. The normalized spacial score (nSPS) is 1.50. The van der Waals surface area contributed by atoms with Gasteiger partial charge in [0.1, 0.15) is 0 Å². The van der Waals surface area contributed by atoms with E-state index < -0.39 is 0 Å². The van der Waals surface area contributed by atoms with E-state index in [-0.39, 0.29) is 11.0 Å². The summed E-state index contributed by atoms with van der Waals surface area (Å²) < 4.78 is 0. The first-order chi connectivity index (χ1) is 1.00. The Morgan fingerprint density at radius 2 is 1.00 bits per heavy atom. The molecule has 30 valence electrons. The fourth-order valence-electron chi connectivity index (χ4n) is 0. The average Bonchev–Trinajstić information content (AvgIpc) is 1.00. The molecule has 0 aromatic carbocycles. The molecule has 0 fully saturated rings. The van der Waals surface area contributed by atoms with Gasteiger partial charge in [-0.25, -0.2) is 0 Å². The van der Waals surface area contributed by atoms with Crippen LogP contribution in [0.25, 0.3) is 0 Å². The van der Waals surface area contributed by atoms with Gasteiger partial charge in [0.15, 0.2) is 0 Å². The number of hydrogen-bond donors (Lipinski definition) is 1. The second-order valence-electron chi connectivity index (χ2n) is 0. The van der Waals surface area contributed by atoms with E-state index in [0.29, 0.717) is 0 Å². The van der Waals surface area contributed by atoms with Crippen molar-refractivity contribution in [1.29, 1.82) is 0 Å². The van der Waals surface area contributed by atoms with E-state index in [1.54, 1.807) is 0 Å². The van der Waals surface area contributed by atoms with Crippen LogP contribution in [0.3, 0.4) is 0 Å². The molecule has 0 aromatic heterocycles. The van der Waals surface area contributed by atoms with E-state index in [4.69, 9.17) is 0 Å². The van der Waals surface area contributed by atoms with Gasteiger partial charge in [-0.1, -0.05) is 11.8 Å². The first-order valence-corrected chi connectivity index (χ1v) is 1.52. The predicted molar refractivity (Wildman–Crippen MR) is 22.1 cm³/mol. The third-order valence-electron chi connectivity index (χ3n) is 0. The van der Waals surface area contributed by atoms with E-state index in [2.05, 4.69) is 22.5 Å². The maximum absolute atomic E-state index is 4.33. The third kappa shape index (κ3) is 19.9. The van der Waals surface area contributed by atoms with Crippen molar-refractivity contribution in [2.24, 2.45) is 0 Å². The lowest BCUT2D eigenvalue weighted by molar-refractivity contribution is 0.823. The molecule has 4 heteroatoms. The summed E-state index contributed by atoms with van der Waals surface area (Å²) >= 11 is 3.00. The van der Waals surface area contributed by atoms with Gasteiger partial charge in [0.05, 0.1) is 0 Å². The number of rotatable bonds is 0. The zero-order valence-electron chi connectivity index (χ0n) is 1.83. The minimum absolute atomic E-state index is 0. The Labute approximate surface area is 34.3 Å². The largest absolute Gasteiger partial charge is 0.412 e. The molecule has 0 radical (unpaired) electrons. The molecule has 0 saturated carbocycles. The minimum atomic E-state index is 0. The molecule has 0 aliphatic rings. The van der Waals surface area contributed by atoms with E-state index in [1.807, 2.05) is 0 Å². The standard InChI is InChI=1S/ClHS.2H2O/c1-2;;/h2H;2*1H2. The quantitative estimate of drug-likeness (QED) is 0.400. The van der Waals surface area contributed by atoms with Crippen molar-refractivity contribution in [1.82, 2.24) is 0 Å². The first kappa shape index (κ1) is 23.7. The molecule has 0 bridgehead atoms. The van der Waals surface area contributed by atoms with Crippen molar-refractivity contribution >= 4 is 22.5 Å². The minimum Gasteiger partial charge on any atom is -0.412 e. The molecule has 0 saturated heterocycles. The lowest BCUT2D eigenvalue weighted by atomic mass is 16.0. The summed E-state index contributed by atoms with van der Waals surface area (Å²) in [6.07, 6.45) is 0. The highest BCUT2D eigenvalue weighted by atomic mass is 35.7. The molecule has 0 aliphatic carbocycles. The Bertz CT molecular complexity index is 6.00. The molecule has 4 N–H and O–H groups in total. The molecular formula is H5ClO2S. The number of hydrogen-bond acceptors (Lipinski definition) is 1. The maximum atomic E-state index is 4.33.